The molecule has 21 heavy (non-hydrogen) atoms. The molecule has 0 fully saturated rings. The Morgan fingerprint density at radius 1 is 0.857 bits per heavy atom. The van der Waals surface area contributed by atoms with E-state index in [0.717, 1.165) is 0 Å². The normalized spacial score (nSPS) is 10.9. The number of benzene rings is 2. The number of anilines is 1. The second-order valence-corrected chi connectivity index (χ2v) is 4.44. The number of hydrogen-bond acceptors (Lipinski definition) is 6. The number of hydrogen-bond donors (Lipinski definition) is 1. The van der Waals surface area contributed by atoms with Crippen molar-refractivity contribution in [2.45, 2.75) is 0 Å². The van der Waals surface area contributed by atoms with Gasteiger partial charge in [-0.2, -0.15) is 0 Å². The number of nitrogens with two attached hydrogens (primary N) is 1. The first-order valence-electron chi connectivity index (χ1n) is 5.89. The highest BCUT2D eigenvalue weighted by atomic mass is 16.6. The number of nitrogen functional groups attached to an aromatic ring is 1. The van der Waals surface area contributed by atoms with Crippen molar-refractivity contribution in [3.63, 3.8) is 0 Å². The van der Waals surface area contributed by atoms with Gasteiger partial charge in [-0.1, -0.05) is 0 Å². The maximum absolute atomic E-state index is 10.8. The molecule has 0 saturated carbocycles. The second-order valence-electron chi connectivity index (χ2n) is 4.44. The van der Waals surface area contributed by atoms with Crippen LogP contribution in [0, 0.1) is 20.2 Å². The van der Waals surface area contributed by atoms with Crippen LogP contribution < -0.4 is 5.73 Å². The standard InChI is InChI=1S/C13H8N4O4/c14-13-9-5-7(16(18)19)1-3-11(9)15-12-4-2-8(17(20)21)6-10(12)13/h1-6H,(H2,14,15). The Labute approximate surface area is 117 Å². The van der Waals surface area contributed by atoms with E-state index < -0.39 is 9.85 Å². The van der Waals surface area contributed by atoms with E-state index in [1.807, 2.05) is 0 Å². The topological polar surface area (TPSA) is 125 Å². The third-order valence-corrected chi connectivity index (χ3v) is 3.20. The van der Waals surface area contributed by atoms with Gasteiger partial charge in [0.15, 0.2) is 0 Å². The number of nitro benzene ring substituents is 2. The Bertz CT molecular complexity index is 851. The fourth-order valence-electron chi connectivity index (χ4n) is 2.18. The lowest BCUT2D eigenvalue weighted by molar-refractivity contribution is -0.384. The Morgan fingerprint density at radius 3 is 1.67 bits per heavy atom. The van der Waals surface area contributed by atoms with Crippen molar-refractivity contribution in [2.24, 2.45) is 0 Å². The highest BCUT2D eigenvalue weighted by Gasteiger charge is 2.14. The van der Waals surface area contributed by atoms with Crippen molar-refractivity contribution >= 4 is 38.9 Å². The molecule has 0 spiro atoms. The highest BCUT2D eigenvalue weighted by Crippen LogP contribution is 2.32. The molecule has 0 saturated heterocycles. The molecule has 3 rings (SSSR count). The molecule has 8 nitrogen and oxygen atoms in total. The molecule has 104 valence electrons. The number of nitro groups is 2. The van der Waals surface area contributed by atoms with Crippen LogP contribution in [0.25, 0.3) is 21.8 Å². The zero-order valence-corrected chi connectivity index (χ0v) is 10.5. The minimum Gasteiger partial charge on any atom is -0.398 e. The molecular weight excluding hydrogens is 276 g/mol. The molecule has 0 atom stereocenters. The molecule has 1 aromatic heterocycles. The summed E-state index contributed by atoms with van der Waals surface area (Å²) in [6, 6.07) is 8.32. The zero-order valence-electron chi connectivity index (χ0n) is 10.5. The van der Waals surface area contributed by atoms with E-state index in [9.17, 15) is 20.2 Å². The van der Waals surface area contributed by atoms with Crippen LogP contribution in [-0.2, 0) is 0 Å². The summed E-state index contributed by atoms with van der Waals surface area (Å²) in [4.78, 5) is 24.9. The van der Waals surface area contributed by atoms with Crippen molar-refractivity contribution in [2.75, 3.05) is 5.73 Å². The maximum Gasteiger partial charge on any atom is 0.270 e. The van der Waals surface area contributed by atoms with E-state index in [2.05, 4.69) is 4.98 Å². The Balaban J connectivity index is 2.39. The van der Waals surface area contributed by atoms with Crippen LogP contribution >= 0.6 is 0 Å². The van der Waals surface area contributed by atoms with E-state index in [-0.39, 0.29) is 17.1 Å². The van der Waals surface area contributed by atoms with Crippen molar-refractivity contribution in [1.82, 2.24) is 4.98 Å². The van der Waals surface area contributed by atoms with Crippen molar-refractivity contribution < 1.29 is 9.85 Å². The van der Waals surface area contributed by atoms with Crippen LogP contribution in [0.1, 0.15) is 0 Å². The second kappa shape index (κ2) is 4.37. The molecule has 0 unspecified atom stereocenters. The first kappa shape index (κ1) is 12.7. The van der Waals surface area contributed by atoms with Gasteiger partial charge >= 0.3 is 0 Å². The summed E-state index contributed by atoms with van der Waals surface area (Å²) in [5.74, 6) is 0. The molecule has 0 aliphatic carbocycles. The van der Waals surface area contributed by atoms with Crippen molar-refractivity contribution in [3.05, 3.63) is 56.6 Å². The number of pyridine rings is 1. The Kier molecular flexibility index (Phi) is 2.65. The van der Waals surface area contributed by atoms with E-state index >= 15 is 0 Å². The van der Waals surface area contributed by atoms with E-state index in [4.69, 9.17) is 5.73 Å². The summed E-state index contributed by atoms with van der Waals surface area (Å²) in [5.41, 5.74) is 7.02. The molecule has 8 heteroatoms. The van der Waals surface area contributed by atoms with Crippen LogP contribution in [0.15, 0.2) is 36.4 Å². The minimum atomic E-state index is -0.531. The van der Waals surface area contributed by atoms with Gasteiger partial charge in [0, 0.05) is 35.0 Å². The fourth-order valence-corrected chi connectivity index (χ4v) is 2.18. The molecule has 1 heterocycles. The molecule has 2 N–H and O–H groups in total. The highest BCUT2D eigenvalue weighted by molar-refractivity contribution is 6.07. The summed E-state index contributed by atoms with van der Waals surface area (Å²) in [6.45, 7) is 0. The van der Waals surface area contributed by atoms with Crippen LogP contribution in [0.2, 0.25) is 0 Å². The third-order valence-electron chi connectivity index (χ3n) is 3.20. The van der Waals surface area contributed by atoms with E-state index in [1.165, 1.54) is 36.4 Å². The molecule has 3 aromatic rings. The van der Waals surface area contributed by atoms with Gasteiger partial charge in [0.05, 0.1) is 26.6 Å². The van der Waals surface area contributed by atoms with Gasteiger partial charge in [-0.15, -0.1) is 0 Å². The first-order chi connectivity index (χ1) is 9.97. The maximum atomic E-state index is 10.8. The number of rotatable bonds is 2. The van der Waals surface area contributed by atoms with Gasteiger partial charge < -0.3 is 5.73 Å². The number of non-ortho nitro benzene ring substituents is 2. The quantitative estimate of drug-likeness (QED) is 0.438. The van der Waals surface area contributed by atoms with Gasteiger partial charge in [0.1, 0.15) is 0 Å². The number of nitrogens with zero attached hydrogens (tertiary/aromatic N) is 3. The molecule has 0 bridgehead atoms. The zero-order chi connectivity index (χ0) is 15.1. The largest absolute Gasteiger partial charge is 0.398 e. The summed E-state index contributed by atoms with van der Waals surface area (Å²) in [6.07, 6.45) is 0. The van der Waals surface area contributed by atoms with Crippen LogP contribution in [0.4, 0.5) is 17.1 Å². The minimum absolute atomic E-state index is 0.110. The predicted octanol–water partition coefficient (Wildman–Crippen LogP) is 2.79. The molecule has 0 aliphatic rings. The fraction of sp³-hybridized carbons (Fsp3) is 0. The van der Waals surface area contributed by atoms with Gasteiger partial charge in [-0.05, 0) is 12.1 Å². The van der Waals surface area contributed by atoms with Crippen LogP contribution in [0.5, 0.6) is 0 Å². The number of fused-ring (bicyclic) bond motifs is 2. The summed E-state index contributed by atoms with van der Waals surface area (Å²) >= 11 is 0. The monoisotopic (exact) mass is 284 g/mol. The summed E-state index contributed by atoms with van der Waals surface area (Å²) in [7, 11) is 0. The van der Waals surface area contributed by atoms with Crippen molar-refractivity contribution in [3.8, 4) is 0 Å². The van der Waals surface area contributed by atoms with Crippen molar-refractivity contribution in [1.29, 1.82) is 0 Å². The van der Waals surface area contributed by atoms with Gasteiger partial charge in [-0.25, -0.2) is 4.98 Å². The average Bonchev–Trinajstić information content (AvgIpc) is 2.46. The first-order valence-corrected chi connectivity index (χ1v) is 5.89. The van der Waals surface area contributed by atoms with Gasteiger partial charge in [0.25, 0.3) is 11.4 Å². The average molecular weight is 284 g/mol. The lowest BCUT2D eigenvalue weighted by Gasteiger charge is -2.06. The van der Waals surface area contributed by atoms with Crippen LogP contribution in [0.3, 0.4) is 0 Å². The summed E-state index contributed by atoms with van der Waals surface area (Å²) < 4.78 is 0. The smallest absolute Gasteiger partial charge is 0.270 e. The van der Waals surface area contributed by atoms with E-state index in [1.54, 1.807) is 0 Å². The SMILES string of the molecule is Nc1c2cc([N+](=O)[O-])ccc2nc2ccc([N+](=O)[O-])cc12. The van der Waals surface area contributed by atoms with Gasteiger partial charge in [-0.3, -0.25) is 20.2 Å². The van der Waals surface area contributed by atoms with Crippen LogP contribution in [-0.4, -0.2) is 14.8 Å². The lowest BCUT2D eigenvalue weighted by atomic mass is 10.1. The lowest BCUT2D eigenvalue weighted by Crippen LogP contribution is -1.96. The van der Waals surface area contributed by atoms with Gasteiger partial charge in [0.2, 0.25) is 0 Å². The summed E-state index contributed by atoms with van der Waals surface area (Å²) in [5, 5.41) is 22.4. The molecular formula is C13H8N4O4. The van der Waals surface area contributed by atoms with E-state index in [0.29, 0.717) is 21.8 Å². The Hall–Kier alpha value is -3.29. The number of aromatic nitrogens is 1. The molecule has 0 amide bonds. The third kappa shape index (κ3) is 1.98. The molecule has 2 aromatic carbocycles. The molecule has 0 aliphatic heterocycles. The Morgan fingerprint density at radius 2 is 1.29 bits per heavy atom. The predicted molar refractivity (Wildman–Crippen MR) is 77.0 cm³/mol. The molecule has 0 radical (unpaired) electrons.